The van der Waals surface area contributed by atoms with Gasteiger partial charge in [0.2, 0.25) is 0 Å². The van der Waals surface area contributed by atoms with E-state index < -0.39 is 18.0 Å². The van der Waals surface area contributed by atoms with Crippen molar-refractivity contribution in [3.05, 3.63) is 53.6 Å². The van der Waals surface area contributed by atoms with E-state index in [4.69, 9.17) is 5.11 Å². The Morgan fingerprint density at radius 3 is 2.57 bits per heavy atom. The fourth-order valence-corrected chi connectivity index (χ4v) is 2.46. The van der Waals surface area contributed by atoms with E-state index >= 15 is 0 Å². The lowest BCUT2D eigenvalue weighted by Gasteiger charge is -2.15. The minimum atomic E-state index is -0.949. The highest BCUT2D eigenvalue weighted by Gasteiger charge is 2.20. The molecule has 1 aliphatic rings. The van der Waals surface area contributed by atoms with Crippen LogP contribution in [-0.4, -0.2) is 22.3 Å². The molecule has 3 heteroatoms. The molecule has 2 unspecified atom stereocenters. The molecule has 1 aromatic carbocycles. The molecule has 0 heterocycles. The predicted molar refractivity (Wildman–Crippen MR) is 83.9 cm³/mol. The number of allylic oxidation sites excluding steroid dienone is 4. The van der Waals surface area contributed by atoms with Crippen LogP contribution in [0.25, 0.3) is 5.57 Å². The molecule has 2 atom stereocenters. The number of carboxylic acids is 1. The van der Waals surface area contributed by atoms with Crippen LogP contribution in [0.5, 0.6) is 0 Å². The van der Waals surface area contributed by atoms with E-state index in [-0.39, 0.29) is 0 Å². The first-order valence-corrected chi connectivity index (χ1v) is 7.44. The molecule has 0 aromatic heterocycles. The molecule has 0 saturated heterocycles. The lowest BCUT2D eigenvalue weighted by molar-refractivity contribution is -0.144. The predicted octanol–water partition coefficient (Wildman–Crippen LogP) is 3.43. The van der Waals surface area contributed by atoms with Crippen LogP contribution in [-0.2, 0) is 11.2 Å². The molecule has 1 aliphatic carbocycles. The monoisotopic (exact) mass is 286 g/mol. The fraction of sp³-hybridized carbons (Fsp3) is 0.389. The number of hydrogen-bond acceptors (Lipinski definition) is 2. The zero-order valence-electron chi connectivity index (χ0n) is 12.3. The van der Waals surface area contributed by atoms with Crippen LogP contribution < -0.4 is 0 Å². The molecule has 0 saturated carbocycles. The summed E-state index contributed by atoms with van der Waals surface area (Å²) >= 11 is 0. The van der Waals surface area contributed by atoms with Gasteiger partial charge in [0.1, 0.15) is 0 Å². The van der Waals surface area contributed by atoms with Crippen molar-refractivity contribution in [2.75, 3.05) is 0 Å². The molecule has 0 fully saturated rings. The van der Waals surface area contributed by atoms with Gasteiger partial charge in [-0.2, -0.15) is 0 Å². The van der Waals surface area contributed by atoms with Gasteiger partial charge in [-0.3, -0.25) is 4.79 Å². The third kappa shape index (κ3) is 4.30. The summed E-state index contributed by atoms with van der Waals surface area (Å²) in [7, 11) is 0. The van der Waals surface area contributed by atoms with Gasteiger partial charge in [-0.1, -0.05) is 42.5 Å². The molecule has 0 aliphatic heterocycles. The molecule has 21 heavy (non-hydrogen) atoms. The normalized spacial score (nSPS) is 17.1. The summed E-state index contributed by atoms with van der Waals surface area (Å²) in [5, 5.41) is 18.7. The van der Waals surface area contributed by atoms with Gasteiger partial charge in [-0.15, -0.1) is 0 Å². The molecular formula is C18H22O3. The number of hydrogen-bond donors (Lipinski definition) is 2. The Morgan fingerprint density at radius 1 is 1.29 bits per heavy atom. The Kier molecular flexibility index (Phi) is 5.34. The van der Waals surface area contributed by atoms with Crippen molar-refractivity contribution in [3.8, 4) is 0 Å². The Bertz CT molecular complexity index is 540. The maximum atomic E-state index is 10.8. The van der Waals surface area contributed by atoms with Gasteiger partial charge in [-0.25, -0.2) is 0 Å². The van der Waals surface area contributed by atoms with Gasteiger partial charge >= 0.3 is 5.97 Å². The summed E-state index contributed by atoms with van der Waals surface area (Å²) < 4.78 is 0. The molecule has 2 rings (SSSR count). The molecule has 2 N–H and O–H groups in total. The molecular weight excluding hydrogens is 264 g/mol. The van der Waals surface area contributed by atoms with Crippen molar-refractivity contribution in [1.29, 1.82) is 0 Å². The third-order valence-electron chi connectivity index (χ3n) is 4.03. The van der Waals surface area contributed by atoms with Crippen molar-refractivity contribution in [2.45, 2.75) is 38.7 Å². The number of aryl methyl sites for hydroxylation is 1. The van der Waals surface area contributed by atoms with Crippen molar-refractivity contribution in [3.63, 3.8) is 0 Å². The second-order valence-electron chi connectivity index (χ2n) is 5.59. The van der Waals surface area contributed by atoms with Crippen molar-refractivity contribution in [1.82, 2.24) is 0 Å². The van der Waals surface area contributed by atoms with Gasteiger partial charge in [0.25, 0.3) is 0 Å². The number of aliphatic hydroxyl groups is 1. The first-order chi connectivity index (χ1) is 10.1. The maximum absolute atomic E-state index is 10.8. The Balaban J connectivity index is 1.92. The zero-order valence-corrected chi connectivity index (χ0v) is 12.3. The number of aliphatic carboxylic acids is 1. The maximum Gasteiger partial charge on any atom is 0.308 e. The lowest BCUT2D eigenvalue weighted by Crippen LogP contribution is -2.25. The van der Waals surface area contributed by atoms with E-state index in [9.17, 15) is 9.90 Å². The van der Waals surface area contributed by atoms with E-state index in [1.165, 1.54) is 11.1 Å². The largest absolute Gasteiger partial charge is 0.481 e. The number of aliphatic hydroxyl groups excluding tert-OH is 1. The summed E-state index contributed by atoms with van der Waals surface area (Å²) in [4.78, 5) is 10.8. The topological polar surface area (TPSA) is 57.5 Å². The van der Waals surface area contributed by atoms with Crippen LogP contribution in [0.4, 0.5) is 0 Å². The van der Waals surface area contributed by atoms with Gasteiger partial charge in [-0.05, 0) is 49.3 Å². The third-order valence-corrected chi connectivity index (χ3v) is 4.03. The summed E-state index contributed by atoms with van der Waals surface area (Å²) in [6.07, 6.45) is 8.94. The van der Waals surface area contributed by atoms with Crippen molar-refractivity contribution >= 4 is 11.5 Å². The highest BCUT2D eigenvalue weighted by atomic mass is 16.4. The van der Waals surface area contributed by atoms with Crippen LogP contribution in [0.2, 0.25) is 0 Å². The summed E-state index contributed by atoms with van der Waals surface area (Å²) in [6, 6.07) is 8.33. The number of carbonyl (C=O) groups is 1. The number of rotatable bonds is 6. The SMILES string of the molecule is CC(C(=O)O)C(O)CCc1ccc(C2=CC=CCC2)cc1. The molecule has 0 spiro atoms. The van der Waals surface area contributed by atoms with Gasteiger partial charge < -0.3 is 10.2 Å². The fourth-order valence-electron chi connectivity index (χ4n) is 2.46. The molecule has 0 amide bonds. The number of benzene rings is 1. The smallest absolute Gasteiger partial charge is 0.308 e. The molecule has 112 valence electrons. The first kappa shape index (κ1) is 15.5. The van der Waals surface area contributed by atoms with Gasteiger partial charge in [0.05, 0.1) is 12.0 Å². The standard InChI is InChI=1S/C18H22O3/c1-13(18(20)21)17(19)12-9-14-7-10-16(11-8-14)15-5-3-2-4-6-15/h2-3,5,7-8,10-11,13,17,19H,4,6,9,12H2,1H3,(H,20,21). The molecule has 0 bridgehead atoms. The Labute approximate surface area is 125 Å². The van der Waals surface area contributed by atoms with Crippen molar-refractivity contribution in [2.24, 2.45) is 5.92 Å². The first-order valence-electron chi connectivity index (χ1n) is 7.44. The summed E-state index contributed by atoms with van der Waals surface area (Å²) in [6.45, 7) is 1.54. The highest BCUT2D eigenvalue weighted by Crippen LogP contribution is 2.24. The summed E-state index contributed by atoms with van der Waals surface area (Å²) in [5.41, 5.74) is 3.72. The summed E-state index contributed by atoms with van der Waals surface area (Å²) in [5.74, 6) is -1.67. The van der Waals surface area contributed by atoms with Crippen LogP contribution in [0.1, 0.15) is 37.3 Å². The molecule has 1 aromatic rings. The molecule has 3 nitrogen and oxygen atoms in total. The molecule has 0 radical (unpaired) electrons. The van der Waals surface area contributed by atoms with Crippen LogP contribution in [0.3, 0.4) is 0 Å². The second-order valence-corrected chi connectivity index (χ2v) is 5.59. The zero-order chi connectivity index (χ0) is 15.2. The average molecular weight is 286 g/mol. The van der Waals surface area contributed by atoms with Gasteiger partial charge in [0, 0.05) is 0 Å². The second kappa shape index (κ2) is 7.23. The lowest BCUT2D eigenvalue weighted by atomic mass is 9.94. The van der Waals surface area contributed by atoms with E-state index in [1.807, 2.05) is 0 Å². The Hall–Kier alpha value is -1.87. The van der Waals surface area contributed by atoms with E-state index in [0.717, 1.165) is 18.4 Å². The minimum absolute atomic E-state index is 0.470. The quantitative estimate of drug-likeness (QED) is 0.842. The van der Waals surface area contributed by atoms with Crippen molar-refractivity contribution < 1.29 is 15.0 Å². The van der Waals surface area contributed by atoms with E-state index in [1.54, 1.807) is 6.92 Å². The number of carboxylic acid groups (broad SMARTS) is 1. The van der Waals surface area contributed by atoms with Crippen LogP contribution in [0.15, 0.2) is 42.5 Å². The highest BCUT2D eigenvalue weighted by molar-refractivity contribution is 5.70. The Morgan fingerprint density at radius 2 is 2.00 bits per heavy atom. The van der Waals surface area contributed by atoms with Gasteiger partial charge in [0.15, 0.2) is 0 Å². The van der Waals surface area contributed by atoms with E-state index in [0.29, 0.717) is 12.8 Å². The van der Waals surface area contributed by atoms with Crippen LogP contribution >= 0.6 is 0 Å². The van der Waals surface area contributed by atoms with Crippen LogP contribution in [0, 0.1) is 5.92 Å². The average Bonchev–Trinajstić information content (AvgIpc) is 2.53. The minimum Gasteiger partial charge on any atom is -0.481 e. The van der Waals surface area contributed by atoms with E-state index in [2.05, 4.69) is 42.5 Å².